The minimum Gasteiger partial charge on any atom is -0.493 e. The molecule has 0 spiro atoms. The Bertz CT molecular complexity index is 431. The van der Waals surface area contributed by atoms with Crippen molar-refractivity contribution in [2.24, 2.45) is 11.7 Å². The first kappa shape index (κ1) is 12.8. The molecule has 3 N–H and O–H groups in total. The highest BCUT2D eigenvalue weighted by Gasteiger charge is 2.14. The number of piperidine rings is 1. The van der Waals surface area contributed by atoms with E-state index in [2.05, 4.69) is 5.32 Å². The predicted molar refractivity (Wildman–Crippen MR) is 66.0 cm³/mol. The number of benzene rings is 1. The van der Waals surface area contributed by atoms with Gasteiger partial charge in [-0.3, -0.25) is 4.79 Å². The van der Waals surface area contributed by atoms with E-state index >= 15 is 0 Å². The highest BCUT2D eigenvalue weighted by Crippen LogP contribution is 2.19. The van der Waals surface area contributed by atoms with E-state index in [9.17, 15) is 9.18 Å². The number of ether oxygens (including phenoxy) is 1. The summed E-state index contributed by atoms with van der Waals surface area (Å²) in [7, 11) is 0. The molecule has 1 aromatic rings. The van der Waals surface area contributed by atoms with Crippen LogP contribution in [-0.4, -0.2) is 25.6 Å². The molecule has 1 aliphatic heterocycles. The van der Waals surface area contributed by atoms with Crippen molar-refractivity contribution in [1.82, 2.24) is 5.32 Å². The minimum atomic E-state index is -0.766. The fraction of sp³-hybridized carbons (Fsp3) is 0.462. The van der Waals surface area contributed by atoms with Gasteiger partial charge in [-0.15, -0.1) is 0 Å². The molecule has 0 atom stereocenters. The van der Waals surface area contributed by atoms with Crippen LogP contribution in [0.5, 0.6) is 5.75 Å². The summed E-state index contributed by atoms with van der Waals surface area (Å²) in [6, 6.07) is 4.14. The second-order valence-electron chi connectivity index (χ2n) is 4.51. The first-order valence-corrected chi connectivity index (χ1v) is 6.09. The summed E-state index contributed by atoms with van der Waals surface area (Å²) in [5.74, 6) is -0.455. The van der Waals surface area contributed by atoms with Gasteiger partial charge in [-0.05, 0) is 44.0 Å². The number of rotatable bonds is 4. The molecule has 5 heteroatoms. The quantitative estimate of drug-likeness (QED) is 0.849. The van der Waals surface area contributed by atoms with E-state index in [1.165, 1.54) is 12.1 Å². The van der Waals surface area contributed by atoms with Gasteiger partial charge in [0.25, 0.3) is 5.91 Å². The monoisotopic (exact) mass is 252 g/mol. The molecule has 18 heavy (non-hydrogen) atoms. The van der Waals surface area contributed by atoms with Gasteiger partial charge in [0, 0.05) is 6.07 Å². The fourth-order valence-electron chi connectivity index (χ4n) is 2.05. The molecule has 1 aromatic carbocycles. The lowest BCUT2D eigenvalue weighted by molar-refractivity contribution is 0.0996. The third-order valence-corrected chi connectivity index (χ3v) is 3.15. The first-order valence-electron chi connectivity index (χ1n) is 6.09. The Kier molecular flexibility index (Phi) is 4.15. The first-order chi connectivity index (χ1) is 8.66. The van der Waals surface area contributed by atoms with E-state index in [-0.39, 0.29) is 5.56 Å². The summed E-state index contributed by atoms with van der Waals surface area (Å²) in [6.07, 6.45) is 2.14. The fourth-order valence-corrected chi connectivity index (χ4v) is 2.05. The van der Waals surface area contributed by atoms with Crippen molar-refractivity contribution in [2.75, 3.05) is 19.7 Å². The van der Waals surface area contributed by atoms with Gasteiger partial charge in [0.2, 0.25) is 0 Å². The smallest absolute Gasteiger partial charge is 0.251 e. The molecule has 0 aliphatic carbocycles. The number of primary amides is 1. The molecule has 2 rings (SSSR count). The SMILES string of the molecule is NC(=O)c1ccc(OCC2CCNCC2)cc1F. The summed E-state index contributed by atoms with van der Waals surface area (Å²) in [5, 5.41) is 3.28. The van der Waals surface area contributed by atoms with Gasteiger partial charge in [0.1, 0.15) is 11.6 Å². The Morgan fingerprint density at radius 3 is 2.78 bits per heavy atom. The Labute approximate surface area is 105 Å². The number of hydrogen-bond donors (Lipinski definition) is 2. The molecular weight excluding hydrogens is 235 g/mol. The molecule has 1 amide bonds. The number of amides is 1. The molecule has 4 nitrogen and oxygen atoms in total. The van der Waals surface area contributed by atoms with E-state index in [4.69, 9.17) is 10.5 Å². The molecule has 1 fully saturated rings. The van der Waals surface area contributed by atoms with Crippen molar-refractivity contribution in [3.05, 3.63) is 29.6 Å². The van der Waals surface area contributed by atoms with Crippen LogP contribution in [0.4, 0.5) is 4.39 Å². The highest BCUT2D eigenvalue weighted by molar-refractivity contribution is 5.93. The molecule has 0 bridgehead atoms. The van der Waals surface area contributed by atoms with Gasteiger partial charge in [-0.2, -0.15) is 0 Å². The molecule has 98 valence electrons. The number of nitrogens with one attached hydrogen (secondary N) is 1. The second kappa shape index (κ2) is 5.82. The third-order valence-electron chi connectivity index (χ3n) is 3.15. The Morgan fingerprint density at radius 2 is 2.17 bits per heavy atom. The lowest BCUT2D eigenvalue weighted by Crippen LogP contribution is -2.30. The normalized spacial score (nSPS) is 16.5. The zero-order chi connectivity index (χ0) is 13.0. The summed E-state index contributed by atoms with van der Waals surface area (Å²) < 4.78 is 19.0. The molecule has 0 aromatic heterocycles. The van der Waals surface area contributed by atoms with Gasteiger partial charge >= 0.3 is 0 Å². The lowest BCUT2D eigenvalue weighted by atomic mass is 9.99. The average Bonchev–Trinajstić information content (AvgIpc) is 2.37. The maximum Gasteiger partial charge on any atom is 0.251 e. The molecule has 0 radical (unpaired) electrons. The van der Waals surface area contributed by atoms with E-state index in [1.54, 1.807) is 6.07 Å². The van der Waals surface area contributed by atoms with Crippen molar-refractivity contribution in [1.29, 1.82) is 0 Å². The topological polar surface area (TPSA) is 64.4 Å². The number of carbonyl (C=O) groups excluding carboxylic acids is 1. The number of nitrogens with two attached hydrogens (primary N) is 1. The molecule has 1 saturated heterocycles. The van der Waals surface area contributed by atoms with Gasteiger partial charge in [-0.25, -0.2) is 4.39 Å². The van der Waals surface area contributed by atoms with Crippen LogP contribution in [0.25, 0.3) is 0 Å². The highest BCUT2D eigenvalue weighted by atomic mass is 19.1. The Morgan fingerprint density at radius 1 is 1.44 bits per heavy atom. The zero-order valence-corrected chi connectivity index (χ0v) is 10.1. The molecule has 1 heterocycles. The van der Waals surface area contributed by atoms with E-state index in [0.29, 0.717) is 18.3 Å². The summed E-state index contributed by atoms with van der Waals surface area (Å²) >= 11 is 0. The molecule has 0 unspecified atom stereocenters. The second-order valence-corrected chi connectivity index (χ2v) is 4.51. The van der Waals surface area contributed by atoms with Crippen molar-refractivity contribution in [3.8, 4) is 5.75 Å². The van der Waals surface area contributed by atoms with Crippen LogP contribution >= 0.6 is 0 Å². The Balaban J connectivity index is 1.93. The van der Waals surface area contributed by atoms with E-state index in [1.807, 2.05) is 0 Å². The van der Waals surface area contributed by atoms with Crippen LogP contribution in [0.2, 0.25) is 0 Å². The standard InChI is InChI=1S/C13H17FN2O2/c14-12-7-10(1-2-11(12)13(15)17)18-8-9-3-5-16-6-4-9/h1-2,7,9,16H,3-6,8H2,(H2,15,17). The summed E-state index contributed by atoms with van der Waals surface area (Å²) in [5.41, 5.74) is 4.92. The summed E-state index contributed by atoms with van der Waals surface area (Å²) in [4.78, 5) is 10.9. The molecule has 0 saturated carbocycles. The van der Waals surface area contributed by atoms with E-state index < -0.39 is 11.7 Å². The molecule has 1 aliphatic rings. The van der Waals surface area contributed by atoms with Crippen LogP contribution in [-0.2, 0) is 0 Å². The Hall–Kier alpha value is -1.62. The van der Waals surface area contributed by atoms with Crippen LogP contribution in [0.3, 0.4) is 0 Å². The van der Waals surface area contributed by atoms with E-state index in [0.717, 1.165) is 25.9 Å². The number of hydrogen-bond acceptors (Lipinski definition) is 3. The number of halogens is 1. The zero-order valence-electron chi connectivity index (χ0n) is 10.1. The van der Waals surface area contributed by atoms with Crippen molar-refractivity contribution in [2.45, 2.75) is 12.8 Å². The largest absolute Gasteiger partial charge is 0.493 e. The van der Waals surface area contributed by atoms with Gasteiger partial charge < -0.3 is 15.8 Å². The van der Waals surface area contributed by atoms with Gasteiger partial charge in [-0.1, -0.05) is 0 Å². The number of carbonyl (C=O) groups is 1. The van der Waals surface area contributed by atoms with Crippen molar-refractivity contribution in [3.63, 3.8) is 0 Å². The predicted octanol–water partition coefficient (Wildman–Crippen LogP) is 1.30. The van der Waals surface area contributed by atoms with Crippen molar-refractivity contribution >= 4 is 5.91 Å². The maximum atomic E-state index is 13.5. The third kappa shape index (κ3) is 3.20. The maximum absolute atomic E-state index is 13.5. The average molecular weight is 252 g/mol. The lowest BCUT2D eigenvalue weighted by Gasteiger charge is -2.22. The summed E-state index contributed by atoms with van der Waals surface area (Å²) in [6.45, 7) is 2.59. The molecular formula is C13H17FN2O2. The van der Waals surface area contributed by atoms with Crippen LogP contribution < -0.4 is 15.8 Å². The van der Waals surface area contributed by atoms with Gasteiger partial charge in [0.05, 0.1) is 12.2 Å². The van der Waals surface area contributed by atoms with Gasteiger partial charge in [0.15, 0.2) is 0 Å². The van der Waals surface area contributed by atoms with Crippen molar-refractivity contribution < 1.29 is 13.9 Å². The minimum absolute atomic E-state index is 0.107. The van der Waals surface area contributed by atoms with Crippen LogP contribution in [0, 0.1) is 11.7 Å². The van der Waals surface area contributed by atoms with Crippen LogP contribution in [0.1, 0.15) is 23.2 Å². The van der Waals surface area contributed by atoms with Crippen LogP contribution in [0.15, 0.2) is 18.2 Å².